The second-order valence-electron chi connectivity index (χ2n) is 4.64. The van der Waals surface area contributed by atoms with Crippen LogP contribution in [0.4, 0.5) is 5.69 Å². The first-order valence-electron chi connectivity index (χ1n) is 6.89. The maximum atomic E-state index is 5.52. The molecule has 0 fully saturated rings. The van der Waals surface area contributed by atoms with E-state index in [1.807, 2.05) is 25.3 Å². The minimum Gasteiger partial charge on any atom is -0.496 e. The number of hydrogen-bond donors (Lipinski definition) is 1. The lowest BCUT2D eigenvalue weighted by Crippen LogP contribution is -2.27. The summed E-state index contributed by atoms with van der Waals surface area (Å²) in [5, 5.41) is 3.30. The second-order valence-corrected chi connectivity index (χ2v) is 4.64. The number of rotatable bonds is 8. The van der Waals surface area contributed by atoms with Gasteiger partial charge in [0.1, 0.15) is 5.75 Å². The summed E-state index contributed by atoms with van der Waals surface area (Å²) in [6, 6.07) is 6.47. The van der Waals surface area contributed by atoms with Gasteiger partial charge in [0, 0.05) is 30.4 Å². The molecule has 1 aromatic rings. The van der Waals surface area contributed by atoms with Gasteiger partial charge in [-0.1, -0.05) is 19.1 Å². The molecule has 0 aliphatic rings. The number of methoxy groups -OCH3 is 1. The molecule has 0 aliphatic carbocycles. The van der Waals surface area contributed by atoms with E-state index in [2.05, 4.69) is 36.7 Å². The predicted molar refractivity (Wildman–Crippen MR) is 83.2 cm³/mol. The molecule has 1 N–H and O–H groups in total. The summed E-state index contributed by atoms with van der Waals surface area (Å²) in [5.74, 6) is 0.935. The molecule has 19 heavy (non-hydrogen) atoms. The van der Waals surface area contributed by atoms with Gasteiger partial charge < -0.3 is 15.0 Å². The molecule has 1 atom stereocenters. The van der Waals surface area contributed by atoms with E-state index in [1.165, 1.54) is 11.3 Å². The Balaban J connectivity index is 3.26. The third-order valence-electron chi connectivity index (χ3n) is 3.31. The number of hydrogen-bond acceptors (Lipinski definition) is 3. The lowest BCUT2D eigenvalue weighted by atomic mass is 10.0. The van der Waals surface area contributed by atoms with E-state index in [0.717, 1.165) is 25.3 Å². The van der Waals surface area contributed by atoms with Crippen LogP contribution in [0.25, 0.3) is 0 Å². The van der Waals surface area contributed by atoms with Crippen molar-refractivity contribution in [3.63, 3.8) is 0 Å². The second kappa shape index (κ2) is 7.85. The number of ether oxygens (including phenoxy) is 1. The van der Waals surface area contributed by atoms with Gasteiger partial charge in [-0.25, -0.2) is 0 Å². The van der Waals surface area contributed by atoms with Gasteiger partial charge in [-0.05, 0) is 32.5 Å². The number of nitrogens with one attached hydrogen (secondary N) is 1. The number of anilines is 1. The first-order chi connectivity index (χ1) is 9.19. The van der Waals surface area contributed by atoms with Gasteiger partial charge in [-0.3, -0.25) is 0 Å². The highest BCUT2D eigenvalue weighted by molar-refractivity contribution is 5.61. The van der Waals surface area contributed by atoms with Crippen LogP contribution in [-0.4, -0.2) is 27.2 Å². The van der Waals surface area contributed by atoms with Crippen LogP contribution < -0.4 is 15.0 Å². The lowest BCUT2D eigenvalue weighted by molar-refractivity contribution is 0.404. The van der Waals surface area contributed by atoms with Crippen molar-refractivity contribution >= 4 is 5.69 Å². The molecule has 1 aromatic carbocycles. The van der Waals surface area contributed by atoms with E-state index in [4.69, 9.17) is 4.74 Å². The van der Waals surface area contributed by atoms with Crippen molar-refractivity contribution in [2.45, 2.75) is 26.3 Å². The molecule has 0 bridgehead atoms. The van der Waals surface area contributed by atoms with Crippen LogP contribution in [0.5, 0.6) is 5.75 Å². The van der Waals surface area contributed by atoms with Crippen LogP contribution in [0.15, 0.2) is 30.9 Å². The molecule has 1 rings (SSSR count). The van der Waals surface area contributed by atoms with E-state index in [-0.39, 0.29) is 6.04 Å². The van der Waals surface area contributed by atoms with Crippen molar-refractivity contribution < 1.29 is 4.74 Å². The van der Waals surface area contributed by atoms with Gasteiger partial charge in [0.15, 0.2) is 0 Å². The van der Waals surface area contributed by atoms with Crippen molar-refractivity contribution in [1.82, 2.24) is 5.32 Å². The molecule has 0 amide bonds. The number of nitrogens with zero attached hydrogens (tertiary/aromatic N) is 1. The maximum absolute atomic E-state index is 5.52. The SMILES string of the molecule is C=CCN(CCC)c1cccc(OC)c1C(C)NC. The summed E-state index contributed by atoms with van der Waals surface area (Å²) < 4.78 is 5.52. The molecule has 0 radical (unpaired) electrons. The van der Waals surface area contributed by atoms with E-state index in [1.54, 1.807) is 7.11 Å². The molecule has 106 valence electrons. The first kappa shape index (κ1) is 15.6. The van der Waals surface area contributed by atoms with Crippen LogP contribution >= 0.6 is 0 Å². The molecule has 0 aliphatic heterocycles. The molecule has 0 spiro atoms. The van der Waals surface area contributed by atoms with Gasteiger partial charge in [-0.2, -0.15) is 0 Å². The van der Waals surface area contributed by atoms with Crippen LogP contribution in [0.1, 0.15) is 31.9 Å². The van der Waals surface area contributed by atoms with Crippen molar-refractivity contribution in [2.24, 2.45) is 0 Å². The Hall–Kier alpha value is -1.48. The molecule has 0 saturated heterocycles. The fourth-order valence-corrected chi connectivity index (χ4v) is 2.30. The Morgan fingerprint density at radius 3 is 2.74 bits per heavy atom. The van der Waals surface area contributed by atoms with E-state index in [0.29, 0.717) is 0 Å². The molecule has 3 nitrogen and oxygen atoms in total. The predicted octanol–water partition coefficient (Wildman–Crippen LogP) is 3.38. The minimum atomic E-state index is 0.246. The standard InChI is InChI=1S/C16H26N2O/c1-6-11-18(12-7-2)14-9-8-10-15(19-5)16(14)13(3)17-4/h6,8-10,13,17H,1,7,11-12H2,2-5H3. The Bertz CT molecular complexity index is 404. The van der Waals surface area contributed by atoms with Crippen LogP contribution in [0, 0.1) is 0 Å². The third-order valence-corrected chi connectivity index (χ3v) is 3.31. The van der Waals surface area contributed by atoms with Crippen molar-refractivity contribution in [2.75, 3.05) is 32.1 Å². The largest absolute Gasteiger partial charge is 0.496 e. The molecule has 0 heterocycles. The molecule has 0 aromatic heterocycles. The quantitative estimate of drug-likeness (QED) is 0.727. The number of benzene rings is 1. The fraction of sp³-hybridized carbons (Fsp3) is 0.500. The summed E-state index contributed by atoms with van der Waals surface area (Å²) >= 11 is 0. The van der Waals surface area contributed by atoms with E-state index < -0.39 is 0 Å². The van der Waals surface area contributed by atoms with E-state index >= 15 is 0 Å². The highest BCUT2D eigenvalue weighted by Crippen LogP contribution is 2.34. The highest BCUT2D eigenvalue weighted by atomic mass is 16.5. The van der Waals surface area contributed by atoms with Gasteiger partial charge >= 0.3 is 0 Å². The molecule has 0 saturated carbocycles. The smallest absolute Gasteiger partial charge is 0.125 e. The van der Waals surface area contributed by atoms with Crippen LogP contribution in [0.2, 0.25) is 0 Å². The highest BCUT2D eigenvalue weighted by Gasteiger charge is 2.18. The van der Waals surface area contributed by atoms with Crippen molar-refractivity contribution in [1.29, 1.82) is 0 Å². The first-order valence-corrected chi connectivity index (χ1v) is 6.89. The molecule has 3 heteroatoms. The van der Waals surface area contributed by atoms with Crippen LogP contribution in [-0.2, 0) is 0 Å². The van der Waals surface area contributed by atoms with Crippen molar-refractivity contribution in [3.05, 3.63) is 36.4 Å². The maximum Gasteiger partial charge on any atom is 0.125 e. The monoisotopic (exact) mass is 262 g/mol. The van der Waals surface area contributed by atoms with Crippen molar-refractivity contribution in [3.8, 4) is 5.75 Å². The topological polar surface area (TPSA) is 24.5 Å². The minimum absolute atomic E-state index is 0.246. The Labute approximate surface area is 117 Å². The Morgan fingerprint density at radius 1 is 1.47 bits per heavy atom. The fourth-order valence-electron chi connectivity index (χ4n) is 2.30. The normalized spacial score (nSPS) is 12.0. The zero-order chi connectivity index (χ0) is 14.3. The summed E-state index contributed by atoms with van der Waals surface area (Å²) in [6.07, 6.45) is 3.06. The van der Waals surface area contributed by atoms with Gasteiger partial charge in [0.25, 0.3) is 0 Å². The zero-order valence-corrected chi connectivity index (χ0v) is 12.6. The third kappa shape index (κ3) is 3.74. The Morgan fingerprint density at radius 2 is 2.21 bits per heavy atom. The van der Waals surface area contributed by atoms with Gasteiger partial charge in [0.05, 0.1) is 7.11 Å². The molecular formula is C16H26N2O. The van der Waals surface area contributed by atoms with Gasteiger partial charge in [-0.15, -0.1) is 6.58 Å². The zero-order valence-electron chi connectivity index (χ0n) is 12.6. The average Bonchev–Trinajstić information content (AvgIpc) is 2.45. The molecule has 1 unspecified atom stereocenters. The summed E-state index contributed by atoms with van der Waals surface area (Å²) in [5.41, 5.74) is 2.44. The summed E-state index contributed by atoms with van der Waals surface area (Å²) in [6.45, 7) is 10.1. The summed E-state index contributed by atoms with van der Waals surface area (Å²) in [7, 11) is 3.70. The van der Waals surface area contributed by atoms with Gasteiger partial charge in [0.2, 0.25) is 0 Å². The lowest BCUT2D eigenvalue weighted by Gasteiger charge is -2.28. The van der Waals surface area contributed by atoms with E-state index in [9.17, 15) is 0 Å². The Kier molecular flexibility index (Phi) is 6.43. The molecular weight excluding hydrogens is 236 g/mol. The van der Waals surface area contributed by atoms with Crippen LogP contribution in [0.3, 0.4) is 0 Å². The summed E-state index contributed by atoms with van der Waals surface area (Å²) in [4.78, 5) is 2.35. The average molecular weight is 262 g/mol.